The number of carbonyl (C=O) groups is 1. The van der Waals surface area contributed by atoms with Crippen molar-refractivity contribution in [2.24, 2.45) is 5.92 Å². The molecule has 1 atom stereocenters. The second-order valence-electron chi connectivity index (χ2n) is 8.51. The van der Waals surface area contributed by atoms with Crippen LogP contribution in [0.25, 0.3) is 10.9 Å². The number of likely N-dealkylation sites (tertiary alicyclic amines) is 1. The Hall–Kier alpha value is -2.41. The molecule has 29 heavy (non-hydrogen) atoms. The number of piperidine rings is 1. The van der Waals surface area contributed by atoms with E-state index in [2.05, 4.69) is 38.0 Å². The minimum Gasteiger partial charge on any atom is -0.474 e. The maximum absolute atomic E-state index is 11.7. The van der Waals surface area contributed by atoms with E-state index >= 15 is 0 Å². The molecule has 0 spiro atoms. The van der Waals surface area contributed by atoms with E-state index in [1.165, 1.54) is 5.69 Å². The summed E-state index contributed by atoms with van der Waals surface area (Å²) in [5.41, 5.74) is 2.11. The largest absolute Gasteiger partial charge is 0.474 e. The molecular weight excluding hydrogens is 366 g/mol. The highest BCUT2D eigenvalue weighted by Gasteiger charge is 2.26. The molecule has 0 bridgehead atoms. The first-order chi connectivity index (χ1) is 14.0. The molecule has 3 heterocycles. The van der Waals surface area contributed by atoms with Gasteiger partial charge in [-0.1, -0.05) is 0 Å². The van der Waals surface area contributed by atoms with Gasteiger partial charge in [-0.2, -0.15) is 0 Å². The number of ether oxygens (including phenoxy) is 1. The number of benzene rings is 1. The summed E-state index contributed by atoms with van der Waals surface area (Å²) in [7, 11) is 1.92. The van der Waals surface area contributed by atoms with Gasteiger partial charge in [-0.15, -0.1) is 0 Å². The topological polar surface area (TPSA) is 61.8 Å². The van der Waals surface area contributed by atoms with Crippen molar-refractivity contribution in [2.45, 2.75) is 32.8 Å². The molecule has 2 aromatic rings. The van der Waals surface area contributed by atoms with Crippen molar-refractivity contribution >= 4 is 22.5 Å². The van der Waals surface area contributed by atoms with Gasteiger partial charge in [-0.25, -0.2) is 9.97 Å². The summed E-state index contributed by atoms with van der Waals surface area (Å²) in [4.78, 5) is 27.3. The number of rotatable bonds is 5. The van der Waals surface area contributed by atoms with Gasteiger partial charge in [0.15, 0.2) is 0 Å². The van der Waals surface area contributed by atoms with Crippen LogP contribution in [-0.4, -0.2) is 78.1 Å². The molecule has 0 saturated carbocycles. The van der Waals surface area contributed by atoms with Crippen LogP contribution in [0.1, 0.15) is 26.7 Å². The Bertz CT molecular complexity index is 863. The Morgan fingerprint density at radius 3 is 2.69 bits per heavy atom. The Morgan fingerprint density at radius 1 is 1.17 bits per heavy atom. The summed E-state index contributed by atoms with van der Waals surface area (Å²) in [5.74, 6) is 1.53. The van der Waals surface area contributed by atoms with E-state index in [-0.39, 0.29) is 12.0 Å². The molecule has 0 N–H and O–H groups in total. The first-order valence-electron chi connectivity index (χ1n) is 10.6. The van der Waals surface area contributed by atoms with Gasteiger partial charge < -0.3 is 14.5 Å². The smallest absolute Gasteiger partial charge is 0.224 e. The van der Waals surface area contributed by atoms with Gasteiger partial charge in [-0.3, -0.25) is 9.69 Å². The number of hydrogen-bond donors (Lipinski definition) is 0. The normalized spacial score (nSPS) is 21.2. The fourth-order valence-corrected chi connectivity index (χ4v) is 4.34. The lowest BCUT2D eigenvalue weighted by molar-refractivity contribution is -0.133. The van der Waals surface area contributed by atoms with Crippen molar-refractivity contribution in [3.05, 3.63) is 24.5 Å². The van der Waals surface area contributed by atoms with Crippen molar-refractivity contribution in [1.82, 2.24) is 19.8 Å². The molecule has 2 saturated heterocycles. The van der Waals surface area contributed by atoms with Crippen LogP contribution >= 0.6 is 0 Å². The Morgan fingerprint density at radius 2 is 1.97 bits per heavy atom. The van der Waals surface area contributed by atoms with E-state index in [1.54, 1.807) is 6.33 Å². The maximum atomic E-state index is 11.7. The van der Waals surface area contributed by atoms with Crippen molar-refractivity contribution in [2.75, 3.05) is 51.2 Å². The summed E-state index contributed by atoms with van der Waals surface area (Å²) < 4.78 is 5.88. The molecule has 1 aromatic carbocycles. The van der Waals surface area contributed by atoms with Crippen LogP contribution < -0.4 is 9.64 Å². The van der Waals surface area contributed by atoms with Gasteiger partial charge in [0, 0.05) is 58.4 Å². The molecular formula is C22H31N5O2. The zero-order valence-corrected chi connectivity index (χ0v) is 17.7. The number of amides is 1. The Kier molecular flexibility index (Phi) is 5.85. The summed E-state index contributed by atoms with van der Waals surface area (Å²) in [6.45, 7) is 10.1. The number of carbonyl (C=O) groups excluding carboxylic acids is 1. The molecule has 2 aliphatic rings. The molecule has 2 aliphatic heterocycles. The van der Waals surface area contributed by atoms with E-state index in [0.717, 1.165) is 56.6 Å². The molecule has 1 unspecified atom stereocenters. The zero-order valence-electron chi connectivity index (χ0n) is 17.7. The molecule has 156 valence electrons. The predicted octanol–water partition coefficient (Wildman–Crippen LogP) is 2.41. The zero-order chi connectivity index (χ0) is 20.4. The SMILES string of the molecule is CC(C)Oc1ncnc2ccc(N3CCN(CC4CCC(=O)N(C)C4)CC3)cc12. The lowest BCUT2D eigenvalue weighted by Gasteiger charge is -2.39. The average Bonchev–Trinajstić information content (AvgIpc) is 2.71. The molecule has 1 amide bonds. The molecule has 2 fully saturated rings. The van der Waals surface area contributed by atoms with Crippen LogP contribution in [-0.2, 0) is 4.79 Å². The van der Waals surface area contributed by atoms with Gasteiger partial charge in [0.2, 0.25) is 11.8 Å². The lowest BCUT2D eigenvalue weighted by atomic mass is 9.97. The maximum Gasteiger partial charge on any atom is 0.224 e. The second-order valence-corrected chi connectivity index (χ2v) is 8.51. The Labute approximate surface area is 172 Å². The fourth-order valence-electron chi connectivity index (χ4n) is 4.34. The predicted molar refractivity (Wildman–Crippen MR) is 114 cm³/mol. The van der Waals surface area contributed by atoms with Crippen LogP contribution in [0.4, 0.5) is 5.69 Å². The fraction of sp³-hybridized carbons (Fsp3) is 0.591. The summed E-state index contributed by atoms with van der Waals surface area (Å²) in [6, 6.07) is 6.36. The van der Waals surface area contributed by atoms with E-state index in [1.807, 2.05) is 25.8 Å². The Balaban J connectivity index is 1.39. The number of fused-ring (bicyclic) bond motifs is 1. The van der Waals surface area contributed by atoms with Crippen molar-refractivity contribution in [1.29, 1.82) is 0 Å². The highest BCUT2D eigenvalue weighted by molar-refractivity contribution is 5.86. The molecule has 7 heteroatoms. The van der Waals surface area contributed by atoms with Crippen LogP contribution in [0.2, 0.25) is 0 Å². The third-order valence-corrected chi connectivity index (χ3v) is 5.91. The standard InChI is InChI=1S/C22H31N5O2/c1-16(2)29-22-19-12-18(5-6-20(19)23-15-24-22)27-10-8-26(9-11-27)14-17-4-7-21(28)25(3)13-17/h5-6,12,15-17H,4,7-11,13-14H2,1-3H3. The number of nitrogens with zero attached hydrogens (tertiary/aromatic N) is 5. The summed E-state index contributed by atoms with van der Waals surface area (Å²) >= 11 is 0. The minimum atomic E-state index is 0.0782. The quantitative estimate of drug-likeness (QED) is 0.772. The van der Waals surface area contributed by atoms with Gasteiger partial charge in [0.25, 0.3) is 0 Å². The van der Waals surface area contributed by atoms with Crippen molar-refractivity contribution < 1.29 is 9.53 Å². The van der Waals surface area contributed by atoms with Crippen LogP contribution in [0.15, 0.2) is 24.5 Å². The van der Waals surface area contributed by atoms with Gasteiger partial charge >= 0.3 is 0 Å². The van der Waals surface area contributed by atoms with Crippen LogP contribution in [0.3, 0.4) is 0 Å². The molecule has 4 rings (SSSR count). The second kappa shape index (κ2) is 8.53. The van der Waals surface area contributed by atoms with Crippen LogP contribution in [0.5, 0.6) is 5.88 Å². The van der Waals surface area contributed by atoms with E-state index in [4.69, 9.17) is 4.74 Å². The number of hydrogen-bond acceptors (Lipinski definition) is 6. The third-order valence-electron chi connectivity index (χ3n) is 5.91. The van der Waals surface area contributed by atoms with E-state index < -0.39 is 0 Å². The highest BCUT2D eigenvalue weighted by atomic mass is 16.5. The first-order valence-corrected chi connectivity index (χ1v) is 10.6. The van der Waals surface area contributed by atoms with E-state index in [0.29, 0.717) is 18.2 Å². The molecule has 1 aromatic heterocycles. The average molecular weight is 398 g/mol. The van der Waals surface area contributed by atoms with Gasteiger partial charge in [-0.05, 0) is 44.4 Å². The van der Waals surface area contributed by atoms with Crippen LogP contribution in [0, 0.1) is 5.92 Å². The first kappa shape index (κ1) is 19.9. The minimum absolute atomic E-state index is 0.0782. The molecule has 7 nitrogen and oxygen atoms in total. The third kappa shape index (κ3) is 4.61. The summed E-state index contributed by atoms with van der Waals surface area (Å²) in [6.07, 6.45) is 3.36. The van der Waals surface area contributed by atoms with Crippen molar-refractivity contribution in [3.63, 3.8) is 0 Å². The molecule has 0 radical (unpaired) electrons. The van der Waals surface area contributed by atoms with E-state index in [9.17, 15) is 4.79 Å². The number of piperazine rings is 1. The lowest BCUT2D eigenvalue weighted by Crippen LogP contribution is -2.49. The monoisotopic (exact) mass is 397 g/mol. The number of aromatic nitrogens is 2. The van der Waals surface area contributed by atoms with Crippen molar-refractivity contribution in [3.8, 4) is 5.88 Å². The van der Waals surface area contributed by atoms with Gasteiger partial charge in [0.1, 0.15) is 6.33 Å². The number of anilines is 1. The highest BCUT2D eigenvalue weighted by Crippen LogP contribution is 2.28. The molecule has 0 aliphatic carbocycles. The van der Waals surface area contributed by atoms with Gasteiger partial charge in [0.05, 0.1) is 17.0 Å². The summed E-state index contributed by atoms with van der Waals surface area (Å²) in [5, 5.41) is 0.969.